The van der Waals surface area contributed by atoms with Gasteiger partial charge in [0.2, 0.25) is 0 Å². The number of carbonyl (C=O) groups excluding carboxylic acids is 1. The highest BCUT2D eigenvalue weighted by Gasteiger charge is 2.38. The van der Waals surface area contributed by atoms with Gasteiger partial charge < -0.3 is 9.47 Å². The molecular formula is C24H23N3O2S. The lowest BCUT2D eigenvalue weighted by atomic mass is 9.80. The van der Waals surface area contributed by atoms with Crippen molar-refractivity contribution in [1.29, 1.82) is 0 Å². The molecule has 0 N–H and O–H groups in total. The molecule has 5 rings (SSSR count). The van der Waals surface area contributed by atoms with E-state index in [-0.39, 0.29) is 17.4 Å². The third kappa shape index (κ3) is 3.35. The van der Waals surface area contributed by atoms with Crippen LogP contribution in [0.4, 0.5) is 0 Å². The third-order valence-electron chi connectivity index (χ3n) is 6.21. The highest BCUT2D eigenvalue weighted by molar-refractivity contribution is 7.98. The van der Waals surface area contributed by atoms with Crippen molar-refractivity contribution in [3.8, 4) is 11.1 Å². The first-order valence-corrected chi connectivity index (χ1v) is 11.4. The Hall–Kier alpha value is -2.86. The number of nitrogens with zero attached hydrogens (tertiary/aromatic N) is 3. The second-order valence-electron chi connectivity index (χ2n) is 8.05. The number of rotatable bonds is 3. The number of thioether (sulfide) groups is 1. The van der Waals surface area contributed by atoms with E-state index in [1.807, 2.05) is 15.5 Å². The molecule has 6 heteroatoms. The van der Waals surface area contributed by atoms with Crippen LogP contribution in [-0.4, -0.2) is 39.7 Å². The largest absolute Gasteiger partial charge is 0.338 e. The number of likely N-dealkylation sites (tertiary alicyclic amines) is 1. The molecule has 1 fully saturated rings. The smallest absolute Gasteiger partial charge is 0.253 e. The van der Waals surface area contributed by atoms with Gasteiger partial charge in [-0.3, -0.25) is 14.6 Å². The average Bonchev–Trinajstić information content (AvgIpc) is 2.80. The molecule has 0 aliphatic carbocycles. The van der Waals surface area contributed by atoms with Gasteiger partial charge >= 0.3 is 0 Å². The van der Waals surface area contributed by atoms with Gasteiger partial charge in [-0.25, -0.2) is 0 Å². The number of fused-ring (bicyclic) bond motifs is 4. The maximum absolute atomic E-state index is 13.1. The Labute approximate surface area is 179 Å². The molecule has 2 bridgehead atoms. The molecule has 0 radical (unpaired) electrons. The zero-order valence-corrected chi connectivity index (χ0v) is 17.6. The van der Waals surface area contributed by atoms with Gasteiger partial charge in [0.25, 0.3) is 11.5 Å². The summed E-state index contributed by atoms with van der Waals surface area (Å²) < 4.78 is 1.95. The molecule has 1 saturated heterocycles. The fraction of sp³-hybridized carbons (Fsp3) is 0.292. The van der Waals surface area contributed by atoms with Crippen LogP contribution in [0.3, 0.4) is 0 Å². The summed E-state index contributed by atoms with van der Waals surface area (Å²) in [5.74, 6) is 0.506. The Kier molecular flexibility index (Phi) is 4.95. The van der Waals surface area contributed by atoms with E-state index in [9.17, 15) is 9.59 Å². The summed E-state index contributed by atoms with van der Waals surface area (Å²) in [5, 5.41) is 0. The van der Waals surface area contributed by atoms with E-state index in [1.165, 1.54) is 4.90 Å². The summed E-state index contributed by atoms with van der Waals surface area (Å²) >= 11 is 1.72. The molecule has 3 aromatic rings. The van der Waals surface area contributed by atoms with Crippen LogP contribution in [0.15, 0.2) is 70.6 Å². The second-order valence-corrected chi connectivity index (χ2v) is 8.93. The minimum Gasteiger partial charge on any atom is -0.338 e. The lowest BCUT2D eigenvalue weighted by molar-refractivity contribution is 0.0595. The van der Waals surface area contributed by atoms with Crippen LogP contribution in [0.1, 0.15) is 28.4 Å². The lowest BCUT2D eigenvalue weighted by Crippen LogP contribution is -2.49. The molecule has 2 aliphatic heterocycles. The molecule has 1 amide bonds. The average molecular weight is 418 g/mol. The van der Waals surface area contributed by atoms with Crippen molar-refractivity contribution in [2.75, 3.05) is 19.3 Å². The van der Waals surface area contributed by atoms with Crippen LogP contribution in [0, 0.1) is 5.92 Å². The summed E-state index contributed by atoms with van der Waals surface area (Å²) in [7, 11) is 0. The van der Waals surface area contributed by atoms with Crippen molar-refractivity contribution in [2.24, 2.45) is 5.92 Å². The van der Waals surface area contributed by atoms with Crippen molar-refractivity contribution in [2.45, 2.75) is 23.8 Å². The highest BCUT2D eigenvalue weighted by atomic mass is 32.2. The number of aromatic nitrogens is 2. The Bertz CT molecular complexity index is 1140. The molecule has 2 aliphatic rings. The predicted molar refractivity (Wildman–Crippen MR) is 119 cm³/mol. The number of amides is 1. The van der Waals surface area contributed by atoms with Gasteiger partial charge in [-0.15, -0.1) is 11.8 Å². The summed E-state index contributed by atoms with van der Waals surface area (Å²) in [6, 6.07) is 15.7. The van der Waals surface area contributed by atoms with Gasteiger partial charge in [-0.2, -0.15) is 0 Å². The van der Waals surface area contributed by atoms with Gasteiger partial charge in [-0.05, 0) is 54.5 Å². The van der Waals surface area contributed by atoms with E-state index < -0.39 is 0 Å². The van der Waals surface area contributed by atoms with Gasteiger partial charge in [-0.1, -0.05) is 12.1 Å². The standard InChI is InChI=1S/C24H23N3O2S/c1-30-20-4-2-17(3-5-20)21-6-7-22(28)27-14-16-12-19(23(21)27)15-26(13-16)24(29)18-8-10-25-11-9-18/h2-11,16,19H,12-15H2,1H3/t16-,19+/m0/s1. The number of piperidine rings is 1. The maximum Gasteiger partial charge on any atom is 0.253 e. The van der Waals surface area contributed by atoms with Crippen LogP contribution in [0.25, 0.3) is 11.1 Å². The van der Waals surface area contributed by atoms with Gasteiger partial charge in [0, 0.05) is 65.7 Å². The van der Waals surface area contributed by atoms with E-state index >= 15 is 0 Å². The van der Waals surface area contributed by atoms with E-state index in [0.717, 1.165) is 23.2 Å². The monoisotopic (exact) mass is 417 g/mol. The highest BCUT2D eigenvalue weighted by Crippen LogP contribution is 2.40. The first-order chi connectivity index (χ1) is 14.6. The van der Waals surface area contributed by atoms with Crippen molar-refractivity contribution >= 4 is 17.7 Å². The van der Waals surface area contributed by atoms with Crippen LogP contribution < -0.4 is 5.56 Å². The summed E-state index contributed by atoms with van der Waals surface area (Å²) in [4.78, 5) is 32.9. The molecule has 0 saturated carbocycles. The molecule has 2 atom stereocenters. The number of pyridine rings is 2. The molecule has 1 aromatic carbocycles. The van der Waals surface area contributed by atoms with Gasteiger partial charge in [0.15, 0.2) is 0 Å². The fourth-order valence-corrected chi connectivity index (χ4v) is 5.28. The Morgan fingerprint density at radius 3 is 2.50 bits per heavy atom. The Morgan fingerprint density at radius 1 is 1.00 bits per heavy atom. The van der Waals surface area contributed by atoms with Crippen molar-refractivity contribution in [1.82, 2.24) is 14.5 Å². The van der Waals surface area contributed by atoms with Crippen molar-refractivity contribution < 1.29 is 4.79 Å². The quantitative estimate of drug-likeness (QED) is 0.607. The van der Waals surface area contributed by atoms with Crippen LogP contribution in [-0.2, 0) is 6.54 Å². The molecule has 0 spiro atoms. The Balaban J connectivity index is 1.53. The van der Waals surface area contributed by atoms with Crippen LogP contribution >= 0.6 is 11.8 Å². The third-order valence-corrected chi connectivity index (χ3v) is 6.95. The number of hydrogen-bond acceptors (Lipinski definition) is 4. The first-order valence-electron chi connectivity index (χ1n) is 10.2. The van der Waals surface area contributed by atoms with Crippen molar-refractivity contribution in [3.63, 3.8) is 0 Å². The lowest BCUT2D eigenvalue weighted by Gasteiger charge is -2.43. The fourth-order valence-electron chi connectivity index (χ4n) is 4.87. The molecule has 5 nitrogen and oxygen atoms in total. The minimum atomic E-state index is 0.0460. The zero-order valence-electron chi connectivity index (χ0n) is 16.8. The SMILES string of the molecule is CSc1ccc(-c2ccc(=O)n3c2[C@@H]2C[C@@H](CN(C(=O)c4ccncc4)C2)C3)cc1. The minimum absolute atomic E-state index is 0.0460. The van der Waals surface area contributed by atoms with Crippen molar-refractivity contribution in [3.05, 3.63) is 82.5 Å². The molecule has 152 valence electrons. The first kappa shape index (κ1) is 19.1. The normalized spacial score (nSPS) is 20.0. The summed E-state index contributed by atoms with van der Waals surface area (Å²) in [6.45, 7) is 1.99. The van der Waals surface area contributed by atoms with Crippen LogP contribution in [0.5, 0.6) is 0 Å². The van der Waals surface area contributed by atoms with E-state index in [4.69, 9.17) is 0 Å². The maximum atomic E-state index is 13.1. The zero-order chi connectivity index (χ0) is 20.7. The topological polar surface area (TPSA) is 55.2 Å². The molecular weight excluding hydrogens is 394 g/mol. The summed E-state index contributed by atoms with van der Waals surface area (Å²) in [5.41, 5.74) is 4.01. The predicted octanol–water partition coefficient (Wildman–Crippen LogP) is 3.89. The molecule has 30 heavy (non-hydrogen) atoms. The van der Waals surface area contributed by atoms with Gasteiger partial charge in [0.05, 0.1) is 0 Å². The molecule has 0 unspecified atom stereocenters. The molecule has 4 heterocycles. The number of carbonyl (C=O) groups is 1. The second kappa shape index (κ2) is 7.76. The summed E-state index contributed by atoms with van der Waals surface area (Å²) in [6.07, 6.45) is 6.39. The van der Waals surface area contributed by atoms with E-state index in [1.54, 1.807) is 42.4 Å². The number of hydrogen-bond donors (Lipinski definition) is 0. The Morgan fingerprint density at radius 2 is 1.77 bits per heavy atom. The van der Waals surface area contributed by atoms with Gasteiger partial charge in [0.1, 0.15) is 0 Å². The van der Waals surface area contributed by atoms with E-state index in [2.05, 4.69) is 35.5 Å². The number of benzene rings is 1. The molecule has 2 aromatic heterocycles. The van der Waals surface area contributed by atoms with Crippen LogP contribution in [0.2, 0.25) is 0 Å². The van der Waals surface area contributed by atoms with E-state index in [0.29, 0.717) is 31.1 Å².